The molecule has 3 N–H and O–H groups in total. The van der Waals surface area contributed by atoms with Crippen molar-refractivity contribution in [2.75, 3.05) is 11.1 Å². The summed E-state index contributed by atoms with van der Waals surface area (Å²) in [6.07, 6.45) is 0. The van der Waals surface area contributed by atoms with Crippen molar-refractivity contribution >= 4 is 39.6 Å². The lowest BCUT2D eigenvalue weighted by atomic mass is 10.1. The zero-order valence-electron chi connectivity index (χ0n) is 10.4. The van der Waals surface area contributed by atoms with E-state index in [9.17, 15) is 4.79 Å². The summed E-state index contributed by atoms with van der Waals surface area (Å²) in [5.41, 5.74) is 6.74. The number of nitrogen functional groups attached to an aromatic ring is 1. The quantitative estimate of drug-likeness (QED) is 0.752. The van der Waals surface area contributed by atoms with Crippen LogP contribution in [-0.2, 0) is 0 Å². The molecule has 0 radical (unpaired) electrons. The first kappa shape index (κ1) is 12.6. The number of rotatable bonds is 2. The molecule has 0 amide bonds. The lowest BCUT2D eigenvalue weighted by Gasteiger charge is -2.11. The summed E-state index contributed by atoms with van der Waals surface area (Å²) < 4.78 is 5.05. The van der Waals surface area contributed by atoms with Crippen LogP contribution in [0.2, 0.25) is 5.02 Å². The first-order valence-corrected chi connectivity index (χ1v) is 6.37. The van der Waals surface area contributed by atoms with Crippen LogP contribution in [0.1, 0.15) is 0 Å². The average molecular weight is 287 g/mol. The van der Waals surface area contributed by atoms with E-state index in [1.807, 2.05) is 24.3 Å². The van der Waals surface area contributed by atoms with Crippen LogP contribution in [0.4, 0.5) is 17.3 Å². The molecule has 0 saturated carbocycles. The summed E-state index contributed by atoms with van der Waals surface area (Å²) in [6, 6.07) is 14.3. The smallest absolute Gasteiger partial charge is 0.345 e. The average Bonchev–Trinajstić information content (AvgIpc) is 2.45. The van der Waals surface area contributed by atoms with Crippen LogP contribution >= 0.6 is 11.6 Å². The molecule has 0 spiro atoms. The number of hydrogen-bond acceptors (Lipinski definition) is 4. The fourth-order valence-corrected chi connectivity index (χ4v) is 2.15. The van der Waals surface area contributed by atoms with Gasteiger partial charge in [0, 0.05) is 16.1 Å². The van der Waals surface area contributed by atoms with Crippen LogP contribution in [-0.4, -0.2) is 0 Å². The van der Waals surface area contributed by atoms with Crippen LogP contribution in [0.25, 0.3) is 10.8 Å². The maximum Gasteiger partial charge on any atom is 0.345 e. The number of nitrogens with two attached hydrogens (primary N) is 1. The lowest BCUT2D eigenvalue weighted by molar-refractivity contribution is 0.542. The first-order chi connectivity index (χ1) is 9.65. The van der Waals surface area contributed by atoms with Crippen molar-refractivity contribution in [2.45, 2.75) is 0 Å². The molecule has 0 aliphatic rings. The molecule has 3 rings (SSSR count). The van der Waals surface area contributed by atoms with E-state index in [4.69, 9.17) is 21.8 Å². The van der Waals surface area contributed by atoms with Crippen molar-refractivity contribution in [3.05, 3.63) is 64.0 Å². The summed E-state index contributed by atoms with van der Waals surface area (Å²) >= 11 is 5.85. The predicted molar refractivity (Wildman–Crippen MR) is 81.6 cm³/mol. The van der Waals surface area contributed by atoms with Gasteiger partial charge in [-0.3, -0.25) is 0 Å². The number of benzene rings is 2. The van der Waals surface area contributed by atoms with Gasteiger partial charge in [0.05, 0.1) is 5.39 Å². The van der Waals surface area contributed by atoms with E-state index >= 15 is 0 Å². The van der Waals surface area contributed by atoms with Gasteiger partial charge in [-0.15, -0.1) is 0 Å². The van der Waals surface area contributed by atoms with E-state index in [0.29, 0.717) is 16.1 Å². The third kappa shape index (κ3) is 2.21. The second kappa shape index (κ2) is 4.90. The van der Waals surface area contributed by atoms with Crippen molar-refractivity contribution in [1.29, 1.82) is 0 Å². The Balaban J connectivity index is 2.16. The zero-order chi connectivity index (χ0) is 14.1. The second-order valence-corrected chi connectivity index (χ2v) is 4.74. The summed E-state index contributed by atoms with van der Waals surface area (Å²) in [4.78, 5) is 11.8. The maximum atomic E-state index is 11.8. The summed E-state index contributed by atoms with van der Waals surface area (Å²) in [5.74, 6) is 0.0589. The van der Waals surface area contributed by atoms with Crippen LogP contribution in [0, 0.1) is 0 Å². The van der Waals surface area contributed by atoms with Crippen molar-refractivity contribution < 1.29 is 4.42 Å². The van der Waals surface area contributed by atoms with Crippen molar-refractivity contribution in [3.8, 4) is 0 Å². The molecule has 5 heteroatoms. The molecule has 2 aromatic carbocycles. The largest absolute Gasteiger partial charge is 0.404 e. The number of hydrogen-bond donors (Lipinski definition) is 2. The Bertz CT molecular complexity index is 825. The number of fused-ring (bicyclic) bond motifs is 1. The first-order valence-electron chi connectivity index (χ1n) is 5.99. The van der Waals surface area contributed by atoms with E-state index in [0.717, 1.165) is 11.1 Å². The predicted octanol–water partition coefficient (Wildman–Crippen LogP) is 3.77. The molecular formula is C15H11ClN2O2. The van der Waals surface area contributed by atoms with Gasteiger partial charge >= 0.3 is 5.63 Å². The molecule has 1 heterocycles. The van der Waals surface area contributed by atoms with Crippen molar-refractivity contribution in [1.82, 2.24) is 0 Å². The Morgan fingerprint density at radius 1 is 1.00 bits per heavy atom. The van der Waals surface area contributed by atoms with Gasteiger partial charge in [-0.1, -0.05) is 29.8 Å². The molecule has 100 valence electrons. The minimum atomic E-state index is -0.445. The van der Waals surface area contributed by atoms with Crippen molar-refractivity contribution in [3.63, 3.8) is 0 Å². The minimum absolute atomic E-state index is 0.0589. The van der Waals surface area contributed by atoms with Gasteiger partial charge in [-0.2, -0.15) is 0 Å². The van der Waals surface area contributed by atoms with E-state index in [-0.39, 0.29) is 5.88 Å². The van der Waals surface area contributed by atoms with E-state index in [1.165, 1.54) is 0 Å². The molecule has 3 aromatic rings. The third-order valence-electron chi connectivity index (χ3n) is 2.98. The molecule has 0 aliphatic heterocycles. The molecule has 0 unspecified atom stereocenters. The topological polar surface area (TPSA) is 68.3 Å². The van der Waals surface area contributed by atoms with Gasteiger partial charge in [0.1, 0.15) is 5.69 Å². The monoisotopic (exact) mass is 286 g/mol. The summed E-state index contributed by atoms with van der Waals surface area (Å²) in [5, 5.41) is 5.00. The van der Waals surface area contributed by atoms with Crippen LogP contribution in [0.5, 0.6) is 0 Å². The molecule has 0 bridgehead atoms. The highest BCUT2D eigenvalue weighted by Crippen LogP contribution is 2.30. The number of halogens is 1. The zero-order valence-corrected chi connectivity index (χ0v) is 11.1. The molecule has 0 fully saturated rings. The third-order valence-corrected chi connectivity index (χ3v) is 3.23. The standard InChI is InChI=1S/C15H11ClN2O2/c16-9-5-7-10(8-6-9)18-13-11-3-1-2-4-12(11)15(19)20-14(13)17/h1-8,18H,17H2. The Kier molecular flexibility index (Phi) is 3.08. The Hall–Kier alpha value is -2.46. The van der Waals surface area contributed by atoms with Gasteiger partial charge in [0.25, 0.3) is 0 Å². The van der Waals surface area contributed by atoms with E-state index < -0.39 is 5.63 Å². The van der Waals surface area contributed by atoms with E-state index in [2.05, 4.69) is 5.32 Å². The summed E-state index contributed by atoms with van der Waals surface area (Å²) in [7, 11) is 0. The fraction of sp³-hybridized carbons (Fsp3) is 0. The van der Waals surface area contributed by atoms with E-state index in [1.54, 1.807) is 24.3 Å². The normalized spacial score (nSPS) is 10.7. The Morgan fingerprint density at radius 3 is 2.35 bits per heavy atom. The maximum absolute atomic E-state index is 11.8. The molecule has 20 heavy (non-hydrogen) atoms. The molecule has 1 aromatic heterocycles. The molecule has 0 saturated heterocycles. The summed E-state index contributed by atoms with van der Waals surface area (Å²) in [6.45, 7) is 0. The Morgan fingerprint density at radius 2 is 1.65 bits per heavy atom. The SMILES string of the molecule is Nc1oc(=O)c2ccccc2c1Nc1ccc(Cl)cc1. The van der Waals surface area contributed by atoms with Gasteiger partial charge in [0.15, 0.2) is 0 Å². The molecular weight excluding hydrogens is 276 g/mol. The van der Waals surface area contributed by atoms with Crippen LogP contribution in [0.3, 0.4) is 0 Å². The van der Waals surface area contributed by atoms with Crippen LogP contribution in [0.15, 0.2) is 57.7 Å². The number of nitrogens with one attached hydrogen (secondary N) is 1. The number of anilines is 3. The van der Waals surface area contributed by atoms with Crippen LogP contribution < -0.4 is 16.7 Å². The fourth-order valence-electron chi connectivity index (χ4n) is 2.02. The molecule has 0 aliphatic carbocycles. The highest BCUT2D eigenvalue weighted by molar-refractivity contribution is 6.30. The van der Waals surface area contributed by atoms with Gasteiger partial charge in [-0.05, 0) is 30.3 Å². The molecule has 0 atom stereocenters. The second-order valence-electron chi connectivity index (χ2n) is 4.31. The van der Waals surface area contributed by atoms with Gasteiger partial charge < -0.3 is 15.5 Å². The van der Waals surface area contributed by atoms with Crippen molar-refractivity contribution in [2.24, 2.45) is 0 Å². The minimum Gasteiger partial charge on any atom is -0.404 e. The highest BCUT2D eigenvalue weighted by Gasteiger charge is 2.11. The van der Waals surface area contributed by atoms with Gasteiger partial charge in [-0.25, -0.2) is 4.79 Å². The van der Waals surface area contributed by atoms with Gasteiger partial charge in [0.2, 0.25) is 5.88 Å². The Labute approximate surface area is 119 Å². The lowest BCUT2D eigenvalue weighted by Crippen LogP contribution is -2.06. The highest BCUT2D eigenvalue weighted by atomic mass is 35.5. The molecule has 4 nitrogen and oxygen atoms in total.